The third-order valence-corrected chi connectivity index (χ3v) is 4.56. The van der Waals surface area contributed by atoms with E-state index in [1.54, 1.807) is 0 Å². The van der Waals surface area contributed by atoms with E-state index in [0.717, 1.165) is 24.8 Å². The number of azide groups is 1. The highest BCUT2D eigenvalue weighted by atomic mass is 16.2. The molecule has 1 aromatic heterocycles. The van der Waals surface area contributed by atoms with E-state index in [1.165, 1.54) is 24.6 Å². The van der Waals surface area contributed by atoms with Gasteiger partial charge in [-0.2, -0.15) is 5.26 Å². The van der Waals surface area contributed by atoms with Crippen molar-refractivity contribution < 1.29 is 4.79 Å². The number of carbonyl (C=O) groups is 1. The zero-order valence-electron chi connectivity index (χ0n) is 16.3. The van der Waals surface area contributed by atoms with Crippen molar-refractivity contribution in [2.75, 3.05) is 6.54 Å². The molecule has 1 aliphatic carbocycles. The van der Waals surface area contributed by atoms with Crippen molar-refractivity contribution in [2.24, 2.45) is 5.11 Å². The van der Waals surface area contributed by atoms with Gasteiger partial charge in [0.1, 0.15) is 6.07 Å². The normalized spacial score (nSPS) is 14.9. The molecule has 146 valence electrons. The van der Waals surface area contributed by atoms with Crippen LogP contribution in [-0.4, -0.2) is 28.0 Å². The number of rotatable bonds is 8. The molecule has 2 rings (SSSR count). The van der Waals surface area contributed by atoms with Gasteiger partial charge < -0.3 is 10.3 Å². The lowest BCUT2D eigenvalue weighted by molar-refractivity contribution is 0.0948. The molecule has 28 heavy (non-hydrogen) atoms. The summed E-state index contributed by atoms with van der Waals surface area (Å²) in [5, 5.41) is 15.4. The standard InChI is InChI=1S/C20H25N7O/c1-20(2,26-27-22)16(11-10-15-7-4-3-5-8-15)9-6-12-23-19(28)18-24-14-17(13-21)25-18/h6-7,9,11,14H,3-5,8,10,12H2,1-2H3,(H,23,28)(H,24,25)/b9-6-,16-11+. The Bertz CT molecular complexity index is 877. The number of allylic oxidation sites excluding steroid dienone is 3. The van der Waals surface area contributed by atoms with E-state index in [9.17, 15) is 4.79 Å². The molecule has 1 aliphatic rings. The molecule has 0 aromatic carbocycles. The van der Waals surface area contributed by atoms with Gasteiger partial charge in [-0.1, -0.05) is 48.8 Å². The molecule has 0 aliphatic heterocycles. The Hall–Kier alpha value is -3.30. The summed E-state index contributed by atoms with van der Waals surface area (Å²) in [5.41, 5.74) is 10.7. The summed E-state index contributed by atoms with van der Waals surface area (Å²) in [6.07, 6.45) is 15.0. The first-order valence-electron chi connectivity index (χ1n) is 9.31. The lowest BCUT2D eigenvalue weighted by Crippen LogP contribution is -2.25. The minimum atomic E-state index is -0.687. The van der Waals surface area contributed by atoms with Crippen LogP contribution in [0.4, 0.5) is 0 Å². The molecular formula is C20H25N7O. The van der Waals surface area contributed by atoms with Crippen LogP contribution in [0.1, 0.15) is 62.3 Å². The second-order valence-corrected chi connectivity index (χ2v) is 7.08. The molecule has 8 nitrogen and oxygen atoms in total. The zero-order chi connectivity index (χ0) is 20.4. The summed E-state index contributed by atoms with van der Waals surface area (Å²) >= 11 is 0. The molecule has 0 saturated carbocycles. The molecule has 0 spiro atoms. The Morgan fingerprint density at radius 2 is 2.36 bits per heavy atom. The van der Waals surface area contributed by atoms with Gasteiger partial charge in [-0.05, 0) is 43.2 Å². The van der Waals surface area contributed by atoms with E-state index in [2.05, 4.69) is 37.5 Å². The van der Waals surface area contributed by atoms with E-state index in [1.807, 2.05) is 32.1 Å². The number of imidazole rings is 1. The molecule has 0 bridgehead atoms. The number of carbonyl (C=O) groups excluding carboxylic acids is 1. The van der Waals surface area contributed by atoms with Gasteiger partial charge in [-0.25, -0.2) is 4.98 Å². The van der Waals surface area contributed by atoms with Crippen molar-refractivity contribution in [2.45, 2.75) is 51.5 Å². The summed E-state index contributed by atoms with van der Waals surface area (Å²) in [6, 6.07) is 1.87. The summed E-state index contributed by atoms with van der Waals surface area (Å²) in [6.45, 7) is 4.01. The molecule has 0 atom stereocenters. The predicted octanol–water partition coefficient (Wildman–Crippen LogP) is 4.47. The second-order valence-electron chi connectivity index (χ2n) is 7.08. The molecule has 1 aromatic rings. The van der Waals surface area contributed by atoms with Gasteiger partial charge in [-0.15, -0.1) is 0 Å². The van der Waals surface area contributed by atoms with Crippen molar-refractivity contribution in [3.05, 3.63) is 63.6 Å². The maximum atomic E-state index is 12.0. The Morgan fingerprint density at radius 3 is 3.00 bits per heavy atom. The van der Waals surface area contributed by atoms with Gasteiger partial charge in [-0.3, -0.25) is 4.79 Å². The van der Waals surface area contributed by atoms with Crippen molar-refractivity contribution in [3.8, 4) is 6.07 Å². The molecule has 0 unspecified atom stereocenters. The SMILES string of the molecule is CC(C)(N=[N+]=[N-])C(/C=C\CNC(=O)c1nc(C#N)c[nH]1)=C/CC1=CCCCC1. The van der Waals surface area contributed by atoms with E-state index < -0.39 is 11.4 Å². The van der Waals surface area contributed by atoms with Crippen molar-refractivity contribution in [1.29, 1.82) is 5.26 Å². The fourth-order valence-corrected chi connectivity index (χ4v) is 2.94. The molecule has 1 amide bonds. The van der Waals surface area contributed by atoms with Crippen LogP contribution in [0.3, 0.4) is 0 Å². The van der Waals surface area contributed by atoms with Gasteiger partial charge in [0.2, 0.25) is 0 Å². The van der Waals surface area contributed by atoms with Crippen molar-refractivity contribution >= 4 is 5.91 Å². The molecule has 0 fully saturated rings. The van der Waals surface area contributed by atoms with E-state index in [-0.39, 0.29) is 18.1 Å². The number of amides is 1. The molecule has 8 heteroatoms. The number of nitriles is 1. The number of hydrogen-bond donors (Lipinski definition) is 2. The average Bonchev–Trinajstić information content (AvgIpc) is 3.17. The maximum absolute atomic E-state index is 12.0. The Balaban J connectivity index is 2.02. The van der Waals surface area contributed by atoms with E-state index in [4.69, 9.17) is 10.8 Å². The summed E-state index contributed by atoms with van der Waals surface area (Å²) in [4.78, 5) is 21.5. The van der Waals surface area contributed by atoms with Crippen LogP contribution >= 0.6 is 0 Å². The number of hydrogen-bond acceptors (Lipinski definition) is 4. The van der Waals surface area contributed by atoms with Gasteiger partial charge in [0.05, 0.1) is 5.54 Å². The first-order chi connectivity index (χ1) is 13.5. The van der Waals surface area contributed by atoms with Crippen LogP contribution in [0.5, 0.6) is 0 Å². The van der Waals surface area contributed by atoms with Crippen LogP contribution < -0.4 is 5.32 Å². The van der Waals surface area contributed by atoms with Crippen molar-refractivity contribution in [1.82, 2.24) is 15.3 Å². The monoisotopic (exact) mass is 379 g/mol. The van der Waals surface area contributed by atoms with Crippen LogP contribution in [0.15, 0.2) is 46.8 Å². The number of aromatic amines is 1. The Kier molecular flexibility index (Phi) is 7.61. The topological polar surface area (TPSA) is 130 Å². The Labute approximate surface area is 164 Å². The molecule has 0 radical (unpaired) electrons. The fourth-order valence-electron chi connectivity index (χ4n) is 2.94. The Morgan fingerprint density at radius 1 is 1.54 bits per heavy atom. The maximum Gasteiger partial charge on any atom is 0.287 e. The van der Waals surface area contributed by atoms with Gasteiger partial charge in [0, 0.05) is 17.7 Å². The first kappa shape index (κ1) is 21.0. The highest BCUT2D eigenvalue weighted by Crippen LogP contribution is 2.26. The smallest absolute Gasteiger partial charge is 0.287 e. The van der Waals surface area contributed by atoms with E-state index in [0.29, 0.717) is 0 Å². The van der Waals surface area contributed by atoms with Gasteiger partial charge in [0.25, 0.3) is 5.91 Å². The van der Waals surface area contributed by atoms with Crippen LogP contribution in [0, 0.1) is 11.3 Å². The highest BCUT2D eigenvalue weighted by molar-refractivity contribution is 5.90. The molecule has 2 N–H and O–H groups in total. The lowest BCUT2D eigenvalue weighted by atomic mass is 9.90. The number of nitrogens with one attached hydrogen (secondary N) is 2. The van der Waals surface area contributed by atoms with Crippen LogP contribution in [0.25, 0.3) is 10.4 Å². The largest absolute Gasteiger partial charge is 0.346 e. The fraction of sp³-hybridized carbons (Fsp3) is 0.450. The number of nitrogens with zero attached hydrogens (tertiary/aromatic N) is 5. The second kappa shape index (κ2) is 10.1. The van der Waals surface area contributed by atoms with Crippen molar-refractivity contribution in [3.63, 3.8) is 0 Å². The third kappa shape index (κ3) is 6.15. The van der Waals surface area contributed by atoms with Crippen LogP contribution in [0.2, 0.25) is 0 Å². The molecule has 1 heterocycles. The lowest BCUT2D eigenvalue weighted by Gasteiger charge is -2.21. The van der Waals surface area contributed by atoms with E-state index >= 15 is 0 Å². The van der Waals surface area contributed by atoms with Gasteiger partial charge >= 0.3 is 0 Å². The van der Waals surface area contributed by atoms with Crippen LogP contribution in [-0.2, 0) is 0 Å². The zero-order valence-corrected chi connectivity index (χ0v) is 16.3. The molecular weight excluding hydrogens is 354 g/mol. The number of aromatic nitrogens is 2. The average molecular weight is 379 g/mol. The van der Waals surface area contributed by atoms with Gasteiger partial charge in [0.15, 0.2) is 11.5 Å². The summed E-state index contributed by atoms with van der Waals surface area (Å²) in [7, 11) is 0. The summed E-state index contributed by atoms with van der Waals surface area (Å²) < 4.78 is 0. The number of H-pyrrole nitrogens is 1. The first-order valence-corrected chi connectivity index (χ1v) is 9.31. The summed E-state index contributed by atoms with van der Waals surface area (Å²) in [5.74, 6) is -0.294. The molecule has 0 saturated heterocycles. The third-order valence-electron chi connectivity index (χ3n) is 4.56. The minimum Gasteiger partial charge on any atom is -0.346 e. The minimum absolute atomic E-state index is 0.0966. The predicted molar refractivity (Wildman–Crippen MR) is 107 cm³/mol. The quantitative estimate of drug-likeness (QED) is 0.227. The highest BCUT2D eigenvalue weighted by Gasteiger charge is 2.19.